The van der Waals surface area contributed by atoms with E-state index in [1.54, 1.807) is 4.90 Å². The van der Waals surface area contributed by atoms with Crippen LogP contribution in [-0.4, -0.2) is 53.5 Å². The molecule has 0 aliphatic carbocycles. The predicted molar refractivity (Wildman–Crippen MR) is 113 cm³/mol. The third kappa shape index (κ3) is 5.32. The number of carbonyl (C=O) groups excluding carboxylic acids is 1. The lowest BCUT2D eigenvalue weighted by atomic mass is 9.85. The number of nitrogens with zero attached hydrogens (tertiary/aromatic N) is 2. The fraction of sp³-hybridized carbons (Fsp3) is 0.409. The second-order valence-electron chi connectivity index (χ2n) is 6.35. The fourth-order valence-corrected chi connectivity index (χ4v) is 3.21. The minimum atomic E-state index is -1.68. The highest BCUT2D eigenvalue weighted by molar-refractivity contribution is 5.90. The smallest absolute Gasteiger partial charge is 0.264 e. The number of amides is 1. The van der Waals surface area contributed by atoms with Gasteiger partial charge < -0.3 is 14.9 Å². The Morgan fingerprint density at radius 2 is 1.26 bits per heavy atom. The first-order chi connectivity index (χ1) is 12.6. The van der Waals surface area contributed by atoms with Crippen molar-refractivity contribution in [1.29, 1.82) is 0 Å². The molecule has 0 bridgehead atoms. The van der Waals surface area contributed by atoms with E-state index in [-0.39, 0.29) is 18.3 Å². The van der Waals surface area contributed by atoms with E-state index < -0.39 is 5.60 Å². The number of halogens is 1. The van der Waals surface area contributed by atoms with Crippen LogP contribution >= 0.6 is 12.4 Å². The molecule has 0 radical (unpaired) electrons. The lowest BCUT2D eigenvalue weighted by molar-refractivity contribution is -0.148. The van der Waals surface area contributed by atoms with Crippen LogP contribution < -0.4 is 0 Å². The van der Waals surface area contributed by atoms with Gasteiger partial charge in [-0.05, 0) is 31.1 Å². The molecule has 5 heteroatoms. The fourth-order valence-electron chi connectivity index (χ4n) is 3.21. The monoisotopic (exact) mass is 390 g/mol. The van der Waals surface area contributed by atoms with Crippen molar-refractivity contribution in [2.24, 2.45) is 0 Å². The van der Waals surface area contributed by atoms with E-state index in [0.717, 1.165) is 19.6 Å². The zero-order valence-corrected chi connectivity index (χ0v) is 17.3. The third-order valence-electron chi connectivity index (χ3n) is 4.94. The molecule has 0 saturated carbocycles. The van der Waals surface area contributed by atoms with Gasteiger partial charge >= 0.3 is 0 Å². The zero-order valence-electron chi connectivity index (χ0n) is 16.5. The number of rotatable bonds is 9. The van der Waals surface area contributed by atoms with Crippen LogP contribution in [0.5, 0.6) is 0 Å². The molecule has 0 fully saturated rings. The van der Waals surface area contributed by atoms with E-state index in [1.807, 2.05) is 67.6 Å². The van der Waals surface area contributed by atoms with Crippen LogP contribution in [0.25, 0.3) is 0 Å². The number of benzene rings is 2. The quantitative estimate of drug-likeness (QED) is 0.712. The molecule has 148 valence electrons. The van der Waals surface area contributed by atoms with E-state index in [0.29, 0.717) is 24.2 Å². The van der Waals surface area contributed by atoms with Crippen molar-refractivity contribution in [3.63, 3.8) is 0 Å². The molecule has 0 saturated heterocycles. The summed E-state index contributed by atoms with van der Waals surface area (Å²) < 4.78 is 0. The van der Waals surface area contributed by atoms with Crippen molar-refractivity contribution in [3.05, 3.63) is 71.8 Å². The average molecular weight is 391 g/mol. The molecule has 2 rings (SSSR count). The number of likely N-dealkylation sites (N-methyl/N-ethyl adjacent to an activating group) is 2. The highest BCUT2D eigenvalue weighted by Gasteiger charge is 2.42. The summed E-state index contributed by atoms with van der Waals surface area (Å²) in [5.74, 6) is -0.274. The second-order valence-corrected chi connectivity index (χ2v) is 6.35. The molecule has 0 aromatic heterocycles. The van der Waals surface area contributed by atoms with Crippen molar-refractivity contribution in [2.75, 3.05) is 32.7 Å². The van der Waals surface area contributed by atoms with Crippen molar-refractivity contribution in [2.45, 2.75) is 26.4 Å². The molecule has 0 unspecified atom stereocenters. The van der Waals surface area contributed by atoms with Gasteiger partial charge in [0.2, 0.25) is 0 Å². The van der Waals surface area contributed by atoms with E-state index in [1.165, 1.54) is 0 Å². The van der Waals surface area contributed by atoms with Gasteiger partial charge in [0.25, 0.3) is 5.91 Å². The summed E-state index contributed by atoms with van der Waals surface area (Å²) in [5, 5.41) is 11.6. The zero-order chi connectivity index (χ0) is 19.0. The largest absolute Gasteiger partial charge is 0.372 e. The van der Waals surface area contributed by atoms with Crippen LogP contribution in [0, 0.1) is 0 Å². The van der Waals surface area contributed by atoms with Gasteiger partial charge in [-0.1, -0.05) is 74.5 Å². The molecule has 1 N–H and O–H groups in total. The van der Waals surface area contributed by atoms with Gasteiger partial charge in [-0.3, -0.25) is 4.79 Å². The van der Waals surface area contributed by atoms with Crippen LogP contribution in [0.15, 0.2) is 60.7 Å². The standard InChI is InChI=1S/C22H30N2O2.ClH/c1-4-23(5-2)17-18-24(6-3)21(25)22(26,19-13-9-7-10-14-19)20-15-11-8-12-16-20;/h7-16,26H,4-6,17-18H2,1-3H3;1H. The van der Waals surface area contributed by atoms with Crippen LogP contribution in [0.3, 0.4) is 0 Å². The summed E-state index contributed by atoms with van der Waals surface area (Å²) in [6.45, 7) is 10.0. The number of hydrogen-bond donors (Lipinski definition) is 1. The van der Waals surface area contributed by atoms with Crippen molar-refractivity contribution in [3.8, 4) is 0 Å². The van der Waals surface area contributed by atoms with Crippen LogP contribution in [0.1, 0.15) is 31.9 Å². The first-order valence-corrected chi connectivity index (χ1v) is 9.43. The topological polar surface area (TPSA) is 43.8 Å². The molecule has 2 aromatic carbocycles. The number of carbonyl (C=O) groups is 1. The third-order valence-corrected chi connectivity index (χ3v) is 4.94. The Hall–Kier alpha value is -1.88. The van der Waals surface area contributed by atoms with E-state index >= 15 is 0 Å². The normalized spacial score (nSPS) is 11.1. The summed E-state index contributed by atoms with van der Waals surface area (Å²) in [5.41, 5.74) is -0.489. The minimum absolute atomic E-state index is 0. The Labute approximate surface area is 169 Å². The van der Waals surface area contributed by atoms with Gasteiger partial charge in [-0.15, -0.1) is 12.4 Å². The summed E-state index contributed by atoms with van der Waals surface area (Å²) in [6, 6.07) is 18.4. The highest BCUT2D eigenvalue weighted by atomic mass is 35.5. The minimum Gasteiger partial charge on any atom is -0.372 e. The molecular formula is C22H31ClN2O2. The lowest BCUT2D eigenvalue weighted by Gasteiger charge is -2.34. The summed E-state index contributed by atoms with van der Waals surface area (Å²) in [6.07, 6.45) is 0. The Bertz CT molecular complexity index is 636. The maximum absolute atomic E-state index is 13.4. The molecule has 0 spiro atoms. The first-order valence-electron chi connectivity index (χ1n) is 9.43. The van der Waals surface area contributed by atoms with Crippen LogP contribution in [0.4, 0.5) is 0 Å². The van der Waals surface area contributed by atoms with Crippen molar-refractivity contribution in [1.82, 2.24) is 9.80 Å². The Kier molecular flexibility index (Phi) is 9.50. The number of hydrogen-bond acceptors (Lipinski definition) is 3. The predicted octanol–water partition coefficient (Wildman–Crippen LogP) is 3.53. The highest BCUT2D eigenvalue weighted by Crippen LogP contribution is 2.31. The average Bonchev–Trinajstić information content (AvgIpc) is 2.71. The molecule has 0 aliphatic heterocycles. The lowest BCUT2D eigenvalue weighted by Crippen LogP contribution is -2.49. The molecule has 27 heavy (non-hydrogen) atoms. The van der Waals surface area contributed by atoms with E-state index in [2.05, 4.69) is 18.7 Å². The molecule has 0 atom stereocenters. The molecule has 1 amide bonds. The van der Waals surface area contributed by atoms with Gasteiger partial charge in [0.1, 0.15) is 0 Å². The molecular weight excluding hydrogens is 360 g/mol. The molecule has 2 aromatic rings. The maximum atomic E-state index is 13.4. The van der Waals surface area contributed by atoms with Crippen LogP contribution in [-0.2, 0) is 10.4 Å². The van der Waals surface area contributed by atoms with Gasteiger partial charge in [-0.2, -0.15) is 0 Å². The Balaban J connectivity index is 0.00000364. The van der Waals surface area contributed by atoms with Gasteiger partial charge in [0, 0.05) is 19.6 Å². The Morgan fingerprint density at radius 1 is 0.815 bits per heavy atom. The first kappa shape index (κ1) is 23.2. The Morgan fingerprint density at radius 3 is 1.63 bits per heavy atom. The van der Waals surface area contributed by atoms with Gasteiger partial charge in [0.15, 0.2) is 5.60 Å². The van der Waals surface area contributed by atoms with Gasteiger partial charge in [0.05, 0.1) is 0 Å². The van der Waals surface area contributed by atoms with Crippen LogP contribution in [0.2, 0.25) is 0 Å². The SMILES string of the molecule is CCN(CC)CCN(CC)C(=O)C(O)(c1ccccc1)c1ccccc1.Cl. The maximum Gasteiger partial charge on any atom is 0.264 e. The molecule has 0 aliphatic rings. The van der Waals surface area contributed by atoms with Crippen molar-refractivity contribution < 1.29 is 9.90 Å². The summed E-state index contributed by atoms with van der Waals surface area (Å²) in [7, 11) is 0. The van der Waals surface area contributed by atoms with E-state index in [9.17, 15) is 9.90 Å². The van der Waals surface area contributed by atoms with E-state index in [4.69, 9.17) is 0 Å². The summed E-state index contributed by atoms with van der Waals surface area (Å²) in [4.78, 5) is 17.5. The molecule has 0 heterocycles. The van der Waals surface area contributed by atoms with Crippen molar-refractivity contribution >= 4 is 18.3 Å². The number of aliphatic hydroxyl groups is 1. The molecule has 4 nitrogen and oxygen atoms in total. The summed E-state index contributed by atoms with van der Waals surface area (Å²) >= 11 is 0. The second kappa shape index (κ2) is 11.1. The van der Waals surface area contributed by atoms with Gasteiger partial charge in [-0.25, -0.2) is 0 Å².